The minimum absolute atomic E-state index is 0.307. The van der Waals surface area contributed by atoms with Crippen molar-refractivity contribution in [2.24, 2.45) is 5.41 Å². The Labute approximate surface area is 94.5 Å². The predicted octanol–water partition coefficient (Wildman–Crippen LogP) is 2.07. The summed E-state index contributed by atoms with van der Waals surface area (Å²) in [5.74, 6) is 0. The van der Waals surface area contributed by atoms with Crippen molar-refractivity contribution in [3.05, 3.63) is 0 Å². The van der Waals surface area contributed by atoms with Crippen LogP contribution in [0.4, 0.5) is 0 Å². The molecule has 0 fully saturated rings. The van der Waals surface area contributed by atoms with Crippen LogP contribution < -0.4 is 5.32 Å². The summed E-state index contributed by atoms with van der Waals surface area (Å²) in [6.07, 6.45) is 2.21. The summed E-state index contributed by atoms with van der Waals surface area (Å²) >= 11 is 0. The van der Waals surface area contributed by atoms with Crippen LogP contribution in [0.3, 0.4) is 0 Å². The zero-order valence-corrected chi connectivity index (χ0v) is 10.8. The van der Waals surface area contributed by atoms with E-state index < -0.39 is 0 Å². The number of ether oxygens (including phenoxy) is 2. The van der Waals surface area contributed by atoms with Crippen LogP contribution in [0.5, 0.6) is 0 Å². The van der Waals surface area contributed by atoms with Gasteiger partial charge in [0.05, 0.1) is 6.61 Å². The van der Waals surface area contributed by atoms with Crippen molar-refractivity contribution >= 4 is 0 Å². The van der Waals surface area contributed by atoms with Gasteiger partial charge in [-0.15, -0.1) is 0 Å². The Morgan fingerprint density at radius 3 is 2.47 bits per heavy atom. The molecule has 0 aromatic rings. The molecule has 0 aromatic heterocycles. The van der Waals surface area contributed by atoms with E-state index in [0.29, 0.717) is 5.41 Å². The normalized spacial score (nSPS) is 12.0. The van der Waals surface area contributed by atoms with Gasteiger partial charge in [-0.1, -0.05) is 20.8 Å². The second-order valence-corrected chi connectivity index (χ2v) is 4.70. The summed E-state index contributed by atoms with van der Waals surface area (Å²) in [6, 6.07) is 0. The highest BCUT2D eigenvalue weighted by molar-refractivity contribution is 4.71. The van der Waals surface area contributed by atoms with Gasteiger partial charge in [-0.3, -0.25) is 0 Å². The first-order valence-electron chi connectivity index (χ1n) is 5.90. The third-order valence-electron chi connectivity index (χ3n) is 2.36. The van der Waals surface area contributed by atoms with Crippen molar-refractivity contribution in [3.8, 4) is 0 Å². The number of hydrogen-bond acceptors (Lipinski definition) is 3. The largest absolute Gasteiger partial charge is 0.383 e. The topological polar surface area (TPSA) is 30.5 Å². The molecule has 0 rings (SSSR count). The fourth-order valence-corrected chi connectivity index (χ4v) is 1.28. The standard InChI is InChI=1S/C12H27NO2/c1-5-8-15-9-6-12(2,3)11-13-7-10-14-4/h13H,5-11H2,1-4H3. The highest BCUT2D eigenvalue weighted by Gasteiger charge is 2.16. The molecule has 0 radical (unpaired) electrons. The van der Waals surface area contributed by atoms with E-state index in [-0.39, 0.29) is 0 Å². The molecule has 0 aliphatic heterocycles. The lowest BCUT2D eigenvalue weighted by molar-refractivity contribution is 0.103. The maximum Gasteiger partial charge on any atom is 0.0587 e. The average molecular weight is 217 g/mol. The van der Waals surface area contributed by atoms with Crippen molar-refractivity contribution in [2.75, 3.05) is 40.0 Å². The summed E-state index contributed by atoms with van der Waals surface area (Å²) in [4.78, 5) is 0. The van der Waals surface area contributed by atoms with Crippen molar-refractivity contribution in [2.45, 2.75) is 33.6 Å². The molecule has 0 bridgehead atoms. The molecule has 0 saturated heterocycles. The average Bonchev–Trinajstić information content (AvgIpc) is 2.20. The first kappa shape index (κ1) is 14.9. The van der Waals surface area contributed by atoms with Crippen LogP contribution in [0.25, 0.3) is 0 Å². The highest BCUT2D eigenvalue weighted by atomic mass is 16.5. The Bertz CT molecular complexity index is 124. The molecule has 3 nitrogen and oxygen atoms in total. The fourth-order valence-electron chi connectivity index (χ4n) is 1.28. The maximum absolute atomic E-state index is 5.49. The van der Waals surface area contributed by atoms with Gasteiger partial charge in [0.2, 0.25) is 0 Å². The third kappa shape index (κ3) is 10.2. The van der Waals surface area contributed by atoms with E-state index in [1.165, 1.54) is 0 Å². The number of rotatable bonds is 10. The Kier molecular flexibility index (Phi) is 9.06. The molecule has 1 N–H and O–H groups in total. The van der Waals surface area contributed by atoms with Crippen molar-refractivity contribution in [1.82, 2.24) is 5.32 Å². The molecule has 0 aliphatic rings. The molecule has 0 heterocycles. The van der Waals surface area contributed by atoms with Crippen molar-refractivity contribution in [3.63, 3.8) is 0 Å². The van der Waals surface area contributed by atoms with Crippen LogP contribution >= 0.6 is 0 Å². The minimum Gasteiger partial charge on any atom is -0.383 e. The molecule has 0 aromatic carbocycles. The molecule has 0 atom stereocenters. The first-order valence-corrected chi connectivity index (χ1v) is 5.90. The van der Waals surface area contributed by atoms with Gasteiger partial charge in [-0.2, -0.15) is 0 Å². The van der Waals surface area contributed by atoms with Crippen LogP contribution in [0, 0.1) is 5.41 Å². The third-order valence-corrected chi connectivity index (χ3v) is 2.36. The van der Waals surface area contributed by atoms with Gasteiger partial charge < -0.3 is 14.8 Å². The van der Waals surface area contributed by atoms with Gasteiger partial charge >= 0.3 is 0 Å². The SMILES string of the molecule is CCCOCCC(C)(C)CNCCOC. The van der Waals surface area contributed by atoms with Crippen LogP contribution in [0.2, 0.25) is 0 Å². The fraction of sp³-hybridized carbons (Fsp3) is 1.00. The summed E-state index contributed by atoms with van der Waals surface area (Å²) in [7, 11) is 1.73. The van der Waals surface area contributed by atoms with E-state index >= 15 is 0 Å². The van der Waals surface area contributed by atoms with E-state index in [2.05, 4.69) is 26.1 Å². The molecule has 0 spiro atoms. The zero-order chi connectivity index (χ0) is 11.6. The molecular formula is C12H27NO2. The van der Waals surface area contributed by atoms with Gasteiger partial charge in [0.15, 0.2) is 0 Å². The summed E-state index contributed by atoms with van der Waals surface area (Å²) in [5, 5.41) is 3.39. The number of methoxy groups -OCH3 is 1. The molecule has 3 heteroatoms. The maximum atomic E-state index is 5.49. The quantitative estimate of drug-likeness (QED) is 0.568. The van der Waals surface area contributed by atoms with Crippen molar-refractivity contribution < 1.29 is 9.47 Å². The van der Waals surface area contributed by atoms with Gasteiger partial charge in [-0.25, -0.2) is 0 Å². The summed E-state index contributed by atoms with van der Waals surface area (Å²) < 4.78 is 10.5. The molecule has 0 amide bonds. The number of hydrogen-bond donors (Lipinski definition) is 1. The van der Waals surface area contributed by atoms with E-state index in [9.17, 15) is 0 Å². The number of nitrogens with one attached hydrogen (secondary N) is 1. The molecule has 0 unspecified atom stereocenters. The Morgan fingerprint density at radius 1 is 1.13 bits per heavy atom. The van der Waals surface area contributed by atoms with E-state index in [0.717, 1.165) is 45.8 Å². The smallest absolute Gasteiger partial charge is 0.0587 e. The van der Waals surface area contributed by atoms with Crippen LogP contribution in [0.15, 0.2) is 0 Å². The minimum atomic E-state index is 0.307. The molecule has 0 aliphatic carbocycles. The van der Waals surface area contributed by atoms with E-state index in [1.54, 1.807) is 7.11 Å². The van der Waals surface area contributed by atoms with E-state index in [1.807, 2.05) is 0 Å². The molecular weight excluding hydrogens is 190 g/mol. The lowest BCUT2D eigenvalue weighted by Gasteiger charge is -2.24. The van der Waals surface area contributed by atoms with Crippen LogP contribution in [0.1, 0.15) is 33.6 Å². The Hall–Kier alpha value is -0.120. The lowest BCUT2D eigenvalue weighted by atomic mass is 9.90. The van der Waals surface area contributed by atoms with Crippen LogP contribution in [-0.4, -0.2) is 40.0 Å². The predicted molar refractivity (Wildman–Crippen MR) is 64.3 cm³/mol. The van der Waals surface area contributed by atoms with E-state index in [4.69, 9.17) is 9.47 Å². The van der Waals surface area contributed by atoms with Gasteiger partial charge in [0.25, 0.3) is 0 Å². The molecule has 0 saturated carbocycles. The molecule has 15 heavy (non-hydrogen) atoms. The zero-order valence-electron chi connectivity index (χ0n) is 10.8. The summed E-state index contributed by atoms with van der Waals surface area (Å²) in [6.45, 7) is 11.1. The highest BCUT2D eigenvalue weighted by Crippen LogP contribution is 2.18. The second kappa shape index (κ2) is 9.13. The lowest BCUT2D eigenvalue weighted by Crippen LogP contribution is -2.32. The van der Waals surface area contributed by atoms with Gasteiger partial charge in [0.1, 0.15) is 0 Å². The van der Waals surface area contributed by atoms with Gasteiger partial charge in [-0.05, 0) is 18.3 Å². The second-order valence-electron chi connectivity index (χ2n) is 4.70. The Balaban J connectivity index is 3.40. The van der Waals surface area contributed by atoms with Crippen molar-refractivity contribution in [1.29, 1.82) is 0 Å². The first-order chi connectivity index (χ1) is 7.12. The molecule has 92 valence electrons. The van der Waals surface area contributed by atoms with Crippen LogP contribution in [-0.2, 0) is 9.47 Å². The monoisotopic (exact) mass is 217 g/mol. The summed E-state index contributed by atoms with van der Waals surface area (Å²) in [5.41, 5.74) is 0.307. The van der Waals surface area contributed by atoms with Gasteiger partial charge in [0, 0.05) is 33.4 Å². The Morgan fingerprint density at radius 2 is 1.87 bits per heavy atom.